The normalized spacial score (nSPS) is 19.1. The van der Waals surface area contributed by atoms with E-state index in [1.807, 2.05) is 19.3 Å². The van der Waals surface area contributed by atoms with Gasteiger partial charge in [-0.25, -0.2) is 15.0 Å². The molecule has 1 N–H and O–H groups in total. The smallest absolute Gasteiger partial charge is 0.182 e. The van der Waals surface area contributed by atoms with E-state index >= 15 is 0 Å². The Morgan fingerprint density at radius 1 is 1.35 bits per heavy atom. The molecule has 1 fully saturated rings. The van der Waals surface area contributed by atoms with Crippen LogP contribution < -0.4 is 9.64 Å². The van der Waals surface area contributed by atoms with Crippen molar-refractivity contribution in [1.82, 2.24) is 19.9 Å². The molecule has 0 amide bonds. The maximum Gasteiger partial charge on any atom is 0.182 e. The average molecular weight is 273 g/mol. The summed E-state index contributed by atoms with van der Waals surface area (Å²) in [7, 11) is 1.67. The molecule has 2 aromatic heterocycles. The van der Waals surface area contributed by atoms with Gasteiger partial charge >= 0.3 is 0 Å². The minimum Gasteiger partial charge on any atom is -0.491 e. The Balaban J connectivity index is 1.85. The standard InChI is InChI=1S/C14H19N5O/c1-10-12(20-2)14(18-9-17-10)19-7-3-4-11(8-19)13-15-5-6-16-13/h5-6,9,11H,3-4,7-8H2,1-2H3,(H,15,16)/t11-/m0/s1. The zero-order valence-corrected chi connectivity index (χ0v) is 11.8. The van der Waals surface area contributed by atoms with Gasteiger partial charge in [0.05, 0.1) is 12.8 Å². The number of hydrogen-bond donors (Lipinski definition) is 1. The largest absolute Gasteiger partial charge is 0.491 e. The number of H-pyrrole nitrogens is 1. The van der Waals surface area contributed by atoms with Crippen LogP contribution in [0, 0.1) is 6.92 Å². The van der Waals surface area contributed by atoms with Gasteiger partial charge in [0.15, 0.2) is 11.6 Å². The fourth-order valence-corrected chi connectivity index (χ4v) is 2.81. The number of nitrogens with zero attached hydrogens (tertiary/aromatic N) is 4. The van der Waals surface area contributed by atoms with Crippen LogP contribution in [-0.2, 0) is 0 Å². The summed E-state index contributed by atoms with van der Waals surface area (Å²) in [5.74, 6) is 3.13. The summed E-state index contributed by atoms with van der Waals surface area (Å²) < 4.78 is 5.47. The summed E-state index contributed by atoms with van der Waals surface area (Å²) in [5, 5.41) is 0. The first-order valence-corrected chi connectivity index (χ1v) is 6.89. The lowest BCUT2D eigenvalue weighted by molar-refractivity contribution is 0.402. The molecule has 0 spiro atoms. The average Bonchev–Trinajstić information content (AvgIpc) is 3.01. The van der Waals surface area contributed by atoms with Crippen LogP contribution >= 0.6 is 0 Å². The molecule has 2 aromatic rings. The van der Waals surface area contributed by atoms with E-state index in [-0.39, 0.29) is 0 Å². The van der Waals surface area contributed by atoms with Crippen molar-refractivity contribution >= 4 is 5.82 Å². The summed E-state index contributed by atoms with van der Waals surface area (Å²) in [4.78, 5) is 18.5. The van der Waals surface area contributed by atoms with Gasteiger partial charge in [-0.3, -0.25) is 0 Å². The Morgan fingerprint density at radius 3 is 3.00 bits per heavy atom. The maximum atomic E-state index is 5.47. The van der Waals surface area contributed by atoms with E-state index in [9.17, 15) is 0 Å². The summed E-state index contributed by atoms with van der Waals surface area (Å²) in [6.45, 7) is 3.84. The fraction of sp³-hybridized carbons (Fsp3) is 0.500. The molecule has 6 nitrogen and oxygen atoms in total. The third-order valence-electron chi connectivity index (χ3n) is 3.79. The predicted octanol–water partition coefficient (Wildman–Crippen LogP) is 1.90. The summed E-state index contributed by atoms with van der Waals surface area (Å²) in [6, 6.07) is 0. The van der Waals surface area contributed by atoms with E-state index in [1.165, 1.54) is 0 Å². The highest BCUT2D eigenvalue weighted by atomic mass is 16.5. The van der Waals surface area contributed by atoms with Gasteiger partial charge in [0.1, 0.15) is 12.2 Å². The maximum absolute atomic E-state index is 5.47. The summed E-state index contributed by atoms with van der Waals surface area (Å²) >= 11 is 0. The van der Waals surface area contributed by atoms with Crippen LogP contribution in [0.5, 0.6) is 5.75 Å². The molecular formula is C14H19N5O. The zero-order valence-electron chi connectivity index (χ0n) is 11.8. The van der Waals surface area contributed by atoms with Gasteiger partial charge in [0, 0.05) is 31.4 Å². The predicted molar refractivity (Wildman–Crippen MR) is 76.1 cm³/mol. The highest BCUT2D eigenvalue weighted by Gasteiger charge is 2.26. The first-order chi connectivity index (χ1) is 9.79. The third kappa shape index (κ3) is 2.33. The monoisotopic (exact) mass is 273 g/mol. The number of aromatic amines is 1. The van der Waals surface area contributed by atoms with Crippen LogP contribution in [0.1, 0.15) is 30.3 Å². The number of imidazole rings is 1. The van der Waals surface area contributed by atoms with Crippen molar-refractivity contribution in [3.63, 3.8) is 0 Å². The van der Waals surface area contributed by atoms with Gasteiger partial charge in [-0.15, -0.1) is 0 Å². The van der Waals surface area contributed by atoms with Gasteiger partial charge in [0.2, 0.25) is 0 Å². The molecule has 0 saturated carbocycles. The third-order valence-corrected chi connectivity index (χ3v) is 3.79. The summed E-state index contributed by atoms with van der Waals surface area (Å²) in [6.07, 6.45) is 7.56. The van der Waals surface area contributed by atoms with Crippen molar-refractivity contribution in [1.29, 1.82) is 0 Å². The molecule has 0 bridgehead atoms. The summed E-state index contributed by atoms with van der Waals surface area (Å²) in [5.41, 5.74) is 0.873. The topological polar surface area (TPSA) is 66.9 Å². The molecule has 3 heterocycles. The Kier molecular flexibility index (Phi) is 3.54. The highest BCUT2D eigenvalue weighted by molar-refractivity contribution is 5.54. The van der Waals surface area contributed by atoms with Gasteiger partial charge in [0.25, 0.3) is 0 Å². The molecule has 3 rings (SSSR count). The number of ether oxygens (including phenoxy) is 1. The second-order valence-corrected chi connectivity index (χ2v) is 5.08. The number of nitrogens with one attached hydrogen (secondary N) is 1. The van der Waals surface area contributed by atoms with E-state index < -0.39 is 0 Å². The van der Waals surface area contributed by atoms with Crippen molar-refractivity contribution in [2.24, 2.45) is 0 Å². The molecule has 0 radical (unpaired) electrons. The minimum absolute atomic E-state index is 0.415. The van der Waals surface area contributed by atoms with Crippen LogP contribution in [0.25, 0.3) is 0 Å². The van der Waals surface area contributed by atoms with Crippen molar-refractivity contribution in [3.05, 3.63) is 30.2 Å². The molecule has 1 aliphatic heterocycles. The second kappa shape index (κ2) is 5.48. The zero-order chi connectivity index (χ0) is 13.9. The fourth-order valence-electron chi connectivity index (χ4n) is 2.81. The van der Waals surface area contributed by atoms with Gasteiger partial charge in [-0.1, -0.05) is 0 Å². The van der Waals surface area contributed by atoms with Crippen LogP contribution in [0.4, 0.5) is 5.82 Å². The van der Waals surface area contributed by atoms with Crippen molar-refractivity contribution in [2.75, 3.05) is 25.1 Å². The highest BCUT2D eigenvalue weighted by Crippen LogP contribution is 2.33. The van der Waals surface area contributed by atoms with Crippen molar-refractivity contribution < 1.29 is 4.74 Å². The Labute approximate surface area is 118 Å². The lowest BCUT2D eigenvalue weighted by Gasteiger charge is -2.33. The SMILES string of the molecule is COc1c(C)ncnc1N1CCC[C@H](c2ncc[nH]2)C1. The molecular weight excluding hydrogens is 254 g/mol. The number of rotatable bonds is 3. The number of aromatic nitrogens is 4. The Hall–Kier alpha value is -2.11. The molecule has 106 valence electrons. The second-order valence-electron chi connectivity index (χ2n) is 5.08. The minimum atomic E-state index is 0.415. The van der Waals surface area contributed by atoms with Crippen LogP contribution in [0.3, 0.4) is 0 Å². The van der Waals surface area contributed by atoms with Gasteiger partial charge < -0.3 is 14.6 Å². The molecule has 20 heavy (non-hydrogen) atoms. The van der Waals surface area contributed by atoms with Gasteiger partial charge in [-0.05, 0) is 19.8 Å². The van der Waals surface area contributed by atoms with Crippen molar-refractivity contribution in [2.45, 2.75) is 25.7 Å². The van der Waals surface area contributed by atoms with E-state index in [0.717, 1.165) is 49.0 Å². The lowest BCUT2D eigenvalue weighted by Crippen LogP contribution is -2.35. The molecule has 0 aliphatic carbocycles. The van der Waals surface area contributed by atoms with Crippen LogP contribution in [-0.4, -0.2) is 40.1 Å². The number of methoxy groups -OCH3 is 1. The number of hydrogen-bond acceptors (Lipinski definition) is 5. The molecule has 0 aromatic carbocycles. The quantitative estimate of drug-likeness (QED) is 0.925. The number of aryl methyl sites for hydroxylation is 1. The van der Waals surface area contributed by atoms with E-state index in [0.29, 0.717) is 5.92 Å². The van der Waals surface area contributed by atoms with Gasteiger partial charge in [-0.2, -0.15) is 0 Å². The Bertz CT molecular complexity index is 569. The molecule has 0 unspecified atom stereocenters. The first kappa shape index (κ1) is 12.9. The number of piperidine rings is 1. The van der Waals surface area contributed by atoms with Crippen molar-refractivity contribution in [3.8, 4) is 5.75 Å². The van der Waals surface area contributed by atoms with Crippen LogP contribution in [0.2, 0.25) is 0 Å². The molecule has 1 saturated heterocycles. The molecule has 1 aliphatic rings. The first-order valence-electron chi connectivity index (χ1n) is 6.89. The molecule has 1 atom stereocenters. The Morgan fingerprint density at radius 2 is 2.25 bits per heavy atom. The van der Waals surface area contributed by atoms with E-state index in [4.69, 9.17) is 4.74 Å². The van der Waals surface area contributed by atoms with Crippen LogP contribution in [0.15, 0.2) is 18.7 Å². The van der Waals surface area contributed by atoms with E-state index in [1.54, 1.807) is 13.4 Å². The number of anilines is 1. The van der Waals surface area contributed by atoms with E-state index in [2.05, 4.69) is 24.8 Å². The molecule has 6 heteroatoms. The lowest BCUT2D eigenvalue weighted by atomic mass is 9.97.